The van der Waals surface area contributed by atoms with E-state index >= 15 is 0 Å². The average molecular weight is 455 g/mol. The molecule has 0 aliphatic heterocycles. The second-order valence-corrected chi connectivity index (χ2v) is 8.93. The van der Waals surface area contributed by atoms with Crippen LogP contribution in [-0.4, -0.2) is 42.4 Å². The Morgan fingerprint density at radius 2 is 1.86 bits per heavy atom. The molecule has 0 saturated carbocycles. The second kappa shape index (κ2) is 8.91. The van der Waals surface area contributed by atoms with E-state index in [1.54, 1.807) is 24.3 Å². The molecule has 0 aliphatic rings. The topological polar surface area (TPSA) is 105 Å². The third kappa shape index (κ3) is 5.33. The van der Waals surface area contributed by atoms with Gasteiger partial charge in [-0.15, -0.1) is 0 Å². The highest BCUT2D eigenvalue weighted by molar-refractivity contribution is 7.89. The summed E-state index contributed by atoms with van der Waals surface area (Å²) < 4.78 is 31.0. The van der Waals surface area contributed by atoms with E-state index < -0.39 is 15.9 Å². The van der Waals surface area contributed by atoms with Crippen LogP contribution in [0.4, 0.5) is 0 Å². The molecule has 29 heavy (non-hydrogen) atoms. The quantitative estimate of drug-likeness (QED) is 0.587. The van der Waals surface area contributed by atoms with Crippen LogP contribution in [0.1, 0.15) is 5.89 Å². The van der Waals surface area contributed by atoms with Crippen molar-refractivity contribution in [1.82, 2.24) is 19.8 Å². The minimum atomic E-state index is -3.82. The fourth-order valence-electron chi connectivity index (χ4n) is 2.38. The molecule has 3 aromatic rings. The molecule has 1 N–H and O–H groups in total. The molecule has 8 nitrogen and oxygen atoms in total. The van der Waals surface area contributed by atoms with Gasteiger partial charge in [-0.25, -0.2) is 8.42 Å². The lowest BCUT2D eigenvalue weighted by molar-refractivity contribution is -0.121. The van der Waals surface area contributed by atoms with E-state index in [1.807, 2.05) is 0 Å². The van der Waals surface area contributed by atoms with E-state index in [4.69, 9.17) is 27.7 Å². The molecular formula is C18H16Cl2N4O4S. The third-order valence-corrected chi connectivity index (χ3v) is 6.18. The number of halogens is 2. The van der Waals surface area contributed by atoms with Gasteiger partial charge in [0.2, 0.25) is 27.6 Å². The lowest BCUT2D eigenvalue weighted by Crippen LogP contribution is -2.38. The maximum Gasteiger partial charge on any atom is 0.246 e. The largest absolute Gasteiger partial charge is 0.346 e. The summed E-state index contributed by atoms with van der Waals surface area (Å²) in [6, 6.07) is 12.6. The third-order valence-electron chi connectivity index (χ3n) is 3.88. The Bertz CT molecular complexity index is 1120. The predicted octanol–water partition coefficient (Wildman–Crippen LogP) is 2.98. The van der Waals surface area contributed by atoms with Crippen LogP contribution in [0.15, 0.2) is 57.9 Å². The highest BCUT2D eigenvalue weighted by atomic mass is 35.5. The van der Waals surface area contributed by atoms with E-state index in [0.29, 0.717) is 21.4 Å². The van der Waals surface area contributed by atoms with E-state index in [9.17, 15) is 13.2 Å². The highest BCUT2D eigenvalue weighted by Gasteiger charge is 2.23. The molecule has 2 aromatic carbocycles. The second-order valence-electron chi connectivity index (χ2n) is 6.01. The molecule has 0 spiro atoms. The van der Waals surface area contributed by atoms with Gasteiger partial charge in [-0.2, -0.15) is 9.29 Å². The van der Waals surface area contributed by atoms with Gasteiger partial charge in [0.05, 0.1) is 18.0 Å². The number of amides is 1. The van der Waals surface area contributed by atoms with Crippen molar-refractivity contribution < 1.29 is 17.7 Å². The molecule has 0 unspecified atom stereocenters. The standard InChI is InChI=1S/C18H16Cl2N4O4S/c1-24(29(26,27)15-7-5-13(19)6-8-15)11-16(25)21-10-17-22-18(23-28-17)12-3-2-4-14(20)9-12/h2-9H,10-11H2,1H3,(H,21,25). The van der Waals surface area contributed by atoms with Crippen LogP contribution in [0.2, 0.25) is 10.0 Å². The molecule has 11 heteroatoms. The number of hydrogen-bond donors (Lipinski definition) is 1. The fourth-order valence-corrected chi connectivity index (χ4v) is 3.82. The first-order valence-corrected chi connectivity index (χ1v) is 10.5. The summed E-state index contributed by atoms with van der Waals surface area (Å²) in [5, 5.41) is 7.34. The Morgan fingerprint density at radius 1 is 1.14 bits per heavy atom. The Labute approximate surface area is 177 Å². The molecular weight excluding hydrogens is 439 g/mol. The molecule has 1 heterocycles. The normalized spacial score (nSPS) is 11.6. The lowest BCUT2D eigenvalue weighted by Gasteiger charge is -2.16. The molecule has 0 fully saturated rings. The minimum absolute atomic E-state index is 0.0404. The van der Waals surface area contributed by atoms with Gasteiger partial charge in [-0.3, -0.25) is 4.79 Å². The summed E-state index contributed by atoms with van der Waals surface area (Å²) >= 11 is 11.7. The average Bonchev–Trinajstić information content (AvgIpc) is 3.16. The maximum absolute atomic E-state index is 12.5. The Hall–Kier alpha value is -2.46. The molecule has 1 aromatic heterocycles. The van der Waals surface area contributed by atoms with Crippen LogP contribution < -0.4 is 5.32 Å². The van der Waals surface area contributed by atoms with Crippen molar-refractivity contribution >= 4 is 39.1 Å². The van der Waals surface area contributed by atoms with Crippen molar-refractivity contribution in [1.29, 1.82) is 0 Å². The first-order valence-electron chi connectivity index (χ1n) is 8.33. The van der Waals surface area contributed by atoms with Crippen molar-refractivity contribution in [3.05, 3.63) is 64.5 Å². The first kappa shape index (κ1) is 21.3. The predicted molar refractivity (Wildman–Crippen MR) is 108 cm³/mol. The molecule has 0 saturated heterocycles. The van der Waals surface area contributed by atoms with Crippen LogP contribution in [0, 0.1) is 0 Å². The van der Waals surface area contributed by atoms with Crippen LogP contribution in [0.5, 0.6) is 0 Å². The highest BCUT2D eigenvalue weighted by Crippen LogP contribution is 2.20. The van der Waals surface area contributed by atoms with Crippen molar-refractivity contribution in [2.75, 3.05) is 13.6 Å². The zero-order chi connectivity index (χ0) is 21.0. The van der Waals surface area contributed by atoms with Gasteiger partial charge in [0, 0.05) is 22.7 Å². The van der Waals surface area contributed by atoms with E-state index in [-0.39, 0.29) is 23.9 Å². The van der Waals surface area contributed by atoms with E-state index in [2.05, 4.69) is 15.5 Å². The number of sulfonamides is 1. The minimum Gasteiger partial charge on any atom is -0.346 e. The molecule has 0 bridgehead atoms. The summed E-state index contributed by atoms with van der Waals surface area (Å²) in [5.74, 6) is -0.0109. The van der Waals surface area contributed by atoms with Gasteiger partial charge in [0.25, 0.3) is 0 Å². The number of nitrogens with zero attached hydrogens (tertiary/aromatic N) is 3. The van der Waals surface area contributed by atoms with E-state index in [0.717, 1.165) is 4.31 Å². The van der Waals surface area contributed by atoms with Crippen LogP contribution >= 0.6 is 23.2 Å². The number of likely N-dealkylation sites (N-methyl/N-ethyl adjacent to an activating group) is 1. The van der Waals surface area contributed by atoms with Gasteiger partial charge >= 0.3 is 0 Å². The summed E-state index contributed by atoms with van der Waals surface area (Å²) in [5.41, 5.74) is 0.674. The fraction of sp³-hybridized carbons (Fsp3) is 0.167. The summed E-state index contributed by atoms with van der Waals surface area (Å²) in [6.07, 6.45) is 0. The van der Waals surface area contributed by atoms with Gasteiger partial charge in [0.1, 0.15) is 0 Å². The summed E-state index contributed by atoms with van der Waals surface area (Å²) in [4.78, 5) is 16.4. The van der Waals surface area contributed by atoms with Gasteiger partial charge in [0.15, 0.2) is 0 Å². The number of aromatic nitrogens is 2. The first-order chi connectivity index (χ1) is 13.8. The maximum atomic E-state index is 12.5. The monoisotopic (exact) mass is 454 g/mol. The van der Waals surface area contributed by atoms with E-state index in [1.165, 1.54) is 31.3 Å². The SMILES string of the molecule is CN(CC(=O)NCc1nc(-c2cccc(Cl)c2)no1)S(=O)(=O)c1ccc(Cl)cc1. The van der Waals surface area contributed by atoms with Gasteiger partial charge < -0.3 is 9.84 Å². The number of carbonyl (C=O) groups is 1. The number of hydrogen-bond acceptors (Lipinski definition) is 6. The Kier molecular flexibility index (Phi) is 6.53. The van der Waals surface area contributed by atoms with Crippen molar-refractivity contribution in [2.45, 2.75) is 11.4 Å². The van der Waals surface area contributed by atoms with Crippen LogP contribution in [-0.2, 0) is 21.4 Å². The number of rotatable bonds is 7. The molecule has 152 valence electrons. The Balaban J connectivity index is 1.58. The van der Waals surface area contributed by atoms with Crippen LogP contribution in [0.3, 0.4) is 0 Å². The Morgan fingerprint density at radius 3 is 2.55 bits per heavy atom. The van der Waals surface area contributed by atoms with Gasteiger partial charge in [-0.1, -0.05) is 40.5 Å². The molecule has 0 atom stereocenters. The molecule has 0 radical (unpaired) electrons. The van der Waals surface area contributed by atoms with Crippen molar-refractivity contribution in [3.8, 4) is 11.4 Å². The number of carbonyl (C=O) groups excluding carboxylic acids is 1. The van der Waals surface area contributed by atoms with Crippen molar-refractivity contribution in [3.63, 3.8) is 0 Å². The molecule has 3 rings (SSSR count). The number of benzene rings is 2. The summed E-state index contributed by atoms with van der Waals surface area (Å²) in [7, 11) is -2.51. The lowest BCUT2D eigenvalue weighted by atomic mass is 10.2. The number of nitrogens with one attached hydrogen (secondary N) is 1. The summed E-state index contributed by atoms with van der Waals surface area (Å²) in [6.45, 7) is -0.415. The molecule has 0 aliphatic carbocycles. The zero-order valence-electron chi connectivity index (χ0n) is 15.2. The smallest absolute Gasteiger partial charge is 0.246 e. The van der Waals surface area contributed by atoms with Crippen molar-refractivity contribution in [2.24, 2.45) is 0 Å². The van der Waals surface area contributed by atoms with Gasteiger partial charge in [-0.05, 0) is 36.4 Å². The zero-order valence-corrected chi connectivity index (χ0v) is 17.5. The van der Waals surface area contributed by atoms with Crippen LogP contribution in [0.25, 0.3) is 11.4 Å². The molecule has 1 amide bonds.